The van der Waals surface area contributed by atoms with Crippen molar-refractivity contribution in [2.24, 2.45) is 23.7 Å². The molecule has 0 saturated heterocycles. The summed E-state index contributed by atoms with van der Waals surface area (Å²) in [5.41, 5.74) is 0. The highest BCUT2D eigenvalue weighted by Gasteiger charge is 2.34. The molecule has 0 aromatic carbocycles. The molecule has 4 atom stereocenters. The summed E-state index contributed by atoms with van der Waals surface area (Å²) in [6.45, 7) is 6.80. The van der Waals surface area contributed by atoms with Crippen molar-refractivity contribution in [3.05, 3.63) is 0 Å². The van der Waals surface area contributed by atoms with Gasteiger partial charge >= 0.3 is 0 Å². The SMILES string of the molecule is C#CCC(O)C1CC(C)CCC1C(C)C. The van der Waals surface area contributed by atoms with Gasteiger partial charge in [0.15, 0.2) is 0 Å². The van der Waals surface area contributed by atoms with E-state index in [1.807, 2.05) is 0 Å². The molecule has 0 aromatic rings. The Bertz CT molecular complexity index is 226. The van der Waals surface area contributed by atoms with Gasteiger partial charge in [0, 0.05) is 6.42 Å². The van der Waals surface area contributed by atoms with E-state index in [-0.39, 0.29) is 6.10 Å². The van der Waals surface area contributed by atoms with E-state index in [1.54, 1.807) is 0 Å². The summed E-state index contributed by atoms with van der Waals surface area (Å²) in [4.78, 5) is 0. The number of aliphatic hydroxyl groups is 1. The number of terminal acetylenes is 1. The predicted molar refractivity (Wildman–Crippen MR) is 64.3 cm³/mol. The summed E-state index contributed by atoms with van der Waals surface area (Å²) in [5, 5.41) is 10.1. The second-order valence-corrected chi connectivity index (χ2v) is 5.47. The molecule has 1 saturated carbocycles. The topological polar surface area (TPSA) is 20.2 Å². The quantitative estimate of drug-likeness (QED) is 0.707. The minimum absolute atomic E-state index is 0.287. The van der Waals surface area contributed by atoms with Crippen molar-refractivity contribution >= 4 is 0 Å². The van der Waals surface area contributed by atoms with Gasteiger partial charge in [0.05, 0.1) is 6.10 Å². The van der Waals surface area contributed by atoms with Gasteiger partial charge in [0.25, 0.3) is 0 Å². The highest BCUT2D eigenvalue weighted by atomic mass is 16.3. The van der Waals surface area contributed by atoms with Crippen molar-refractivity contribution in [2.45, 2.75) is 52.6 Å². The predicted octanol–water partition coefficient (Wildman–Crippen LogP) is 3.08. The molecule has 1 rings (SSSR count). The third-order valence-electron chi connectivity index (χ3n) is 3.89. The first-order chi connectivity index (χ1) is 7.06. The molecule has 1 aliphatic carbocycles. The Hall–Kier alpha value is -0.480. The molecule has 0 bridgehead atoms. The minimum atomic E-state index is -0.287. The van der Waals surface area contributed by atoms with Gasteiger partial charge in [-0.05, 0) is 36.5 Å². The molecule has 0 amide bonds. The molecule has 0 radical (unpaired) electrons. The van der Waals surface area contributed by atoms with Crippen molar-refractivity contribution in [3.63, 3.8) is 0 Å². The first-order valence-corrected chi connectivity index (χ1v) is 6.17. The summed E-state index contributed by atoms with van der Waals surface area (Å²) in [7, 11) is 0. The van der Waals surface area contributed by atoms with Crippen LogP contribution in [0.5, 0.6) is 0 Å². The highest BCUT2D eigenvalue weighted by molar-refractivity contribution is 4.93. The van der Waals surface area contributed by atoms with Gasteiger partial charge in [0.2, 0.25) is 0 Å². The van der Waals surface area contributed by atoms with Crippen LogP contribution < -0.4 is 0 Å². The van der Waals surface area contributed by atoms with Gasteiger partial charge in [-0.2, -0.15) is 0 Å². The molecular formula is C14H24O. The van der Waals surface area contributed by atoms with Gasteiger partial charge in [-0.3, -0.25) is 0 Å². The van der Waals surface area contributed by atoms with Gasteiger partial charge in [-0.15, -0.1) is 12.3 Å². The zero-order chi connectivity index (χ0) is 11.4. The summed E-state index contributed by atoms with van der Waals surface area (Å²) in [6, 6.07) is 0. The molecule has 0 heterocycles. The van der Waals surface area contributed by atoms with Crippen LogP contribution in [0, 0.1) is 36.0 Å². The van der Waals surface area contributed by atoms with Crippen molar-refractivity contribution in [1.29, 1.82) is 0 Å². The Morgan fingerprint density at radius 1 is 1.33 bits per heavy atom. The smallest absolute Gasteiger partial charge is 0.0680 e. The maximum absolute atomic E-state index is 10.1. The van der Waals surface area contributed by atoms with Gasteiger partial charge in [0.1, 0.15) is 0 Å². The lowest BCUT2D eigenvalue weighted by molar-refractivity contribution is 0.0189. The average molecular weight is 208 g/mol. The fourth-order valence-corrected chi connectivity index (χ4v) is 2.99. The van der Waals surface area contributed by atoms with Gasteiger partial charge < -0.3 is 5.11 Å². The average Bonchev–Trinajstić information content (AvgIpc) is 2.17. The normalized spacial score (nSPS) is 33.7. The van der Waals surface area contributed by atoms with E-state index in [1.165, 1.54) is 12.8 Å². The lowest BCUT2D eigenvalue weighted by atomic mass is 9.67. The standard InChI is InChI=1S/C14H24O/c1-5-6-14(15)13-9-11(4)7-8-12(13)10(2)3/h1,10-15H,6-9H2,2-4H3. The maximum Gasteiger partial charge on any atom is 0.0680 e. The van der Waals surface area contributed by atoms with Crippen molar-refractivity contribution in [2.75, 3.05) is 0 Å². The number of hydrogen-bond donors (Lipinski definition) is 1. The Morgan fingerprint density at radius 2 is 2.00 bits per heavy atom. The molecule has 86 valence electrons. The maximum atomic E-state index is 10.1. The lowest BCUT2D eigenvalue weighted by Gasteiger charge is -2.39. The van der Waals surface area contributed by atoms with E-state index in [0.29, 0.717) is 24.2 Å². The molecule has 1 N–H and O–H groups in total. The molecule has 0 aromatic heterocycles. The van der Waals surface area contributed by atoms with Crippen molar-refractivity contribution < 1.29 is 5.11 Å². The largest absolute Gasteiger partial charge is 0.392 e. The second-order valence-electron chi connectivity index (χ2n) is 5.47. The summed E-state index contributed by atoms with van der Waals surface area (Å²) in [5.74, 6) is 5.08. The van der Waals surface area contributed by atoms with Crippen molar-refractivity contribution in [3.8, 4) is 12.3 Å². The van der Waals surface area contributed by atoms with E-state index in [0.717, 1.165) is 12.3 Å². The van der Waals surface area contributed by atoms with Crippen LogP contribution in [0.3, 0.4) is 0 Å². The zero-order valence-corrected chi connectivity index (χ0v) is 10.2. The van der Waals surface area contributed by atoms with E-state index < -0.39 is 0 Å². The molecule has 1 aliphatic rings. The Balaban J connectivity index is 2.66. The first-order valence-electron chi connectivity index (χ1n) is 6.17. The minimum Gasteiger partial charge on any atom is -0.392 e. The van der Waals surface area contributed by atoms with E-state index in [4.69, 9.17) is 6.42 Å². The Labute approximate surface area is 94.3 Å². The first kappa shape index (κ1) is 12.6. The fourth-order valence-electron chi connectivity index (χ4n) is 2.99. The second kappa shape index (κ2) is 5.56. The van der Waals surface area contributed by atoms with Crippen molar-refractivity contribution in [1.82, 2.24) is 0 Å². The highest BCUT2D eigenvalue weighted by Crippen LogP contribution is 2.40. The van der Waals surface area contributed by atoms with E-state index >= 15 is 0 Å². The van der Waals surface area contributed by atoms with Gasteiger partial charge in [-0.1, -0.05) is 27.2 Å². The molecule has 0 spiro atoms. The lowest BCUT2D eigenvalue weighted by Crippen LogP contribution is -2.35. The van der Waals surface area contributed by atoms with Crippen LogP contribution in [-0.4, -0.2) is 11.2 Å². The molecular weight excluding hydrogens is 184 g/mol. The van der Waals surface area contributed by atoms with Crippen LogP contribution in [0.2, 0.25) is 0 Å². The summed E-state index contributed by atoms with van der Waals surface area (Å²) in [6.07, 6.45) is 9.22. The molecule has 0 aliphatic heterocycles. The van der Waals surface area contributed by atoms with Crippen LogP contribution in [0.25, 0.3) is 0 Å². The van der Waals surface area contributed by atoms with Crippen LogP contribution in [-0.2, 0) is 0 Å². The number of rotatable bonds is 3. The monoisotopic (exact) mass is 208 g/mol. The Kier molecular flexibility index (Phi) is 4.67. The molecule has 15 heavy (non-hydrogen) atoms. The van der Waals surface area contributed by atoms with Gasteiger partial charge in [-0.25, -0.2) is 0 Å². The number of hydrogen-bond acceptors (Lipinski definition) is 1. The summed E-state index contributed by atoms with van der Waals surface area (Å²) < 4.78 is 0. The third-order valence-corrected chi connectivity index (χ3v) is 3.89. The van der Waals surface area contributed by atoms with E-state index in [2.05, 4.69) is 26.7 Å². The molecule has 1 nitrogen and oxygen atoms in total. The zero-order valence-electron chi connectivity index (χ0n) is 10.2. The van der Waals surface area contributed by atoms with Crippen LogP contribution in [0.1, 0.15) is 46.5 Å². The van der Waals surface area contributed by atoms with Crippen LogP contribution in [0.4, 0.5) is 0 Å². The Morgan fingerprint density at radius 3 is 2.53 bits per heavy atom. The number of aliphatic hydroxyl groups excluding tert-OH is 1. The molecule has 1 heteroatoms. The summed E-state index contributed by atoms with van der Waals surface area (Å²) >= 11 is 0. The fraction of sp³-hybridized carbons (Fsp3) is 0.857. The van der Waals surface area contributed by atoms with Crippen LogP contribution in [0.15, 0.2) is 0 Å². The molecule has 4 unspecified atom stereocenters. The molecule has 1 fully saturated rings. The van der Waals surface area contributed by atoms with E-state index in [9.17, 15) is 5.11 Å². The third kappa shape index (κ3) is 3.24. The van der Waals surface area contributed by atoms with Crippen LogP contribution >= 0.6 is 0 Å².